The molecule has 1 aromatic carbocycles. The van der Waals surface area contributed by atoms with Crippen LogP contribution in [0.2, 0.25) is 0 Å². The highest BCUT2D eigenvalue weighted by Crippen LogP contribution is 2.14. The highest BCUT2D eigenvalue weighted by Gasteiger charge is 2.15. The predicted molar refractivity (Wildman–Crippen MR) is 98.4 cm³/mol. The normalized spacial score (nSPS) is 11.5. The molecule has 0 bridgehead atoms. The van der Waals surface area contributed by atoms with Gasteiger partial charge < -0.3 is 5.32 Å². The van der Waals surface area contributed by atoms with Crippen molar-refractivity contribution >= 4 is 11.7 Å². The van der Waals surface area contributed by atoms with E-state index < -0.39 is 23.6 Å². The molecule has 0 aliphatic heterocycles. The van der Waals surface area contributed by atoms with Crippen molar-refractivity contribution in [2.45, 2.75) is 39.9 Å². The maximum absolute atomic E-state index is 12.5. The minimum absolute atomic E-state index is 0.161. The molecular weight excluding hydrogens is 348 g/mol. The van der Waals surface area contributed by atoms with Crippen LogP contribution in [0.15, 0.2) is 40.1 Å². The Morgan fingerprint density at radius 1 is 1.22 bits per heavy atom. The van der Waals surface area contributed by atoms with E-state index in [9.17, 15) is 19.2 Å². The Labute approximate surface area is 155 Å². The van der Waals surface area contributed by atoms with Crippen LogP contribution in [-0.2, 0) is 17.9 Å². The molecule has 0 fully saturated rings. The first kappa shape index (κ1) is 19.8. The summed E-state index contributed by atoms with van der Waals surface area (Å²) in [5, 5.41) is 11.8. The number of carbonyl (C=O) groups is 2. The smallest absolute Gasteiger partial charge is 0.331 e. The van der Waals surface area contributed by atoms with Crippen molar-refractivity contribution in [3.63, 3.8) is 0 Å². The molecule has 140 valence electrons. The summed E-state index contributed by atoms with van der Waals surface area (Å²) in [5.74, 6) is -0.586. The Balaban J connectivity index is 2.31. The molecule has 1 aromatic heterocycles. The summed E-state index contributed by atoms with van der Waals surface area (Å²) >= 11 is 0. The van der Waals surface area contributed by atoms with Crippen LogP contribution in [0.5, 0.6) is 0 Å². The zero-order chi connectivity index (χ0) is 20.1. The molecule has 1 N–H and O–H groups in total. The van der Waals surface area contributed by atoms with E-state index in [0.29, 0.717) is 5.56 Å². The SMILES string of the molecule is CCn1cc(C#N)c(=O)n(CC(=O)c2ccc([C@@H](C)NC(C)=O)cc2)c1=O. The van der Waals surface area contributed by atoms with Crippen LogP contribution in [0.25, 0.3) is 0 Å². The monoisotopic (exact) mass is 368 g/mol. The Kier molecular flexibility index (Phi) is 6.08. The summed E-state index contributed by atoms with van der Waals surface area (Å²) in [5.41, 5.74) is -0.463. The Bertz CT molecular complexity index is 1030. The van der Waals surface area contributed by atoms with Gasteiger partial charge in [-0.1, -0.05) is 24.3 Å². The number of aryl methyl sites for hydroxylation is 1. The first-order valence-corrected chi connectivity index (χ1v) is 8.43. The van der Waals surface area contributed by atoms with E-state index in [1.54, 1.807) is 37.3 Å². The minimum Gasteiger partial charge on any atom is -0.350 e. The van der Waals surface area contributed by atoms with Crippen molar-refractivity contribution in [3.05, 3.63) is 68.0 Å². The second kappa shape index (κ2) is 8.27. The number of amides is 1. The lowest BCUT2D eigenvalue weighted by atomic mass is 10.0. The average Bonchev–Trinajstić information content (AvgIpc) is 2.64. The number of Topliss-reactive ketones (excluding diaryl/α,β-unsaturated/α-hetero) is 1. The van der Waals surface area contributed by atoms with E-state index >= 15 is 0 Å². The Morgan fingerprint density at radius 3 is 2.37 bits per heavy atom. The lowest BCUT2D eigenvalue weighted by Gasteiger charge is -2.13. The number of nitrogens with zero attached hydrogens (tertiary/aromatic N) is 3. The van der Waals surface area contributed by atoms with Crippen LogP contribution in [0.4, 0.5) is 0 Å². The highest BCUT2D eigenvalue weighted by atomic mass is 16.2. The number of hydrogen-bond donors (Lipinski definition) is 1. The van der Waals surface area contributed by atoms with Crippen molar-refractivity contribution < 1.29 is 9.59 Å². The molecule has 0 unspecified atom stereocenters. The Hall–Kier alpha value is -3.47. The van der Waals surface area contributed by atoms with Crippen molar-refractivity contribution in [2.24, 2.45) is 0 Å². The van der Waals surface area contributed by atoms with Gasteiger partial charge in [0, 0.05) is 25.2 Å². The van der Waals surface area contributed by atoms with E-state index in [1.165, 1.54) is 17.7 Å². The van der Waals surface area contributed by atoms with Crippen LogP contribution in [0.1, 0.15) is 48.3 Å². The molecule has 1 atom stereocenters. The largest absolute Gasteiger partial charge is 0.350 e. The summed E-state index contributed by atoms with van der Waals surface area (Å²) in [6.07, 6.45) is 1.20. The zero-order valence-electron chi connectivity index (χ0n) is 15.4. The Morgan fingerprint density at radius 2 is 1.85 bits per heavy atom. The van der Waals surface area contributed by atoms with Gasteiger partial charge in [0.05, 0.1) is 12.6 Å². The molecule has 0 saturated heterocycles. The van der Waals surface area contributed by atoms with Gasteiger partial charge in [-0.3, -0.25) is 23.5 Å². The summed E-state index contributed by atoms with van der Waals surface area (Å²) in [7, 11) is 0. The lowest BCUT2D eigenvalue weighted by molar-refractivity contribution is -0.119. The molecule has 0 aliphatic rings. The standard InChI is InChI=1S/C19H20N4O4/c1-4-22-10-16(9-20)18(26)23(19(22)27)11-17(25)15-7-5-14(6-8-15)12(2)21-13(3)24/h5-8,10,12H,4,11H2,1-3H3,(H,21,24)/t12-/m1/s1. The summed E-state index contributed by atoms with van der Waals surface area (Å²) in [4.78, 5) is 48.2. The first-order valence-electron chi connectivity index (χ1n) is 8.43. The summed E-state index contributed by atoms with van der Waals surface area (Å²) < 4.78 is 1.99. The van der Waals surface area contributed by atoms with Crippen molar-refractivity contribution in [3.8, 4) is 6.07 Å². The third-order valence-corrected chi connectivity index (χ3v) is 4.15. The van der Waals surface area contributed by atoms with Crippen molar-refractivity contribution in [1.82, 2.24) is 14.5 Å². The second-order valence-corrected chi connectivity index (χ2v) is 6.08. The maximum Gasteiger partial charge on any atom is 0.331 e. The van der Waals surface area contributed by atoms with Gasteiger partial charge in [0.25, 0.3) is 5.56 Å². The topological polar surface area (TPSA) is 114 Å². The molecule has 0 saturated carbocycles. The number of hydrogen-bond acceptors (Lipinski definition) is 5. The maximum atomic E-state index is 12.5. The first-order chi connectivity index (χ1) is 12.8. The molecular formula is C19H20N4O4. The van der Waals surface area contributed by atoms with Gasteiger partial charge in [-0.2, -0.15) is 5.26 Å². The second-order valence-electron chi connectivity index (χ2n) is 6.08. The number of aromatic nitrogens is 2. The molecule has 8 nitrogen and oxygen atoms in total. The minimum atomic E-state index is -0.781. The van der Waals surface area contributed by atoms with E-state index in [2.05, 4.69) is 5.32 Å². The van der Waals surface area contributed by atoms with E-state index in [0.717, 1.165) is 10.1 Å². The van der Waals surface area contributed by atoms with Crippen molar-refractivity contribution in [2.75, 3.05) is 0 Å². The number of nitrogens with one attached hydrogen (secondary N) is 1. The van der Waals surface area contributed by atoms with Crippen LogP contribution in [-0.4, -0.2) is 20.8 Å². The zero-order valence-corrected chi connectivity index (χ0v) is 15.4. The lowest BCUT2D eigenvalue weighted by Crippen LogP contribution is -2.42. The van der Waals surface area contributed by atoms with Gasteiger partial charge in [-0.25, -0.2) is 4.79 Å². The van der Waals surface area contributed by atoms with Gasteiger partial charge in [0.15, 0.2) is 5.78 Å². The number of carbonyl (C=O) groups excluding carboxylic acids is 2. The average molecular weight is 368 g/mol. The third kappa shape index (κ3) is 4.39. The molecule has 0 spiro atoms. The fourth-order valence-electron chi connectivity index (χ4n) is 2.68. The molecule has 0 radical (unpaired) electrons. The number of nitriles is 1. The summed E-state index contributed by atoms with van der Waals surface area (Å²) in [6, 6.07) is 8.09. The number of ketones is 1. The van der Waals surface area contributed by atoms with E-state index in [-0.39, 0.29) is 24.1 Å². The van der Waals surface area contributed by atoms with Crippen LogP contribution in [0.3, 0.4) is 0 Å². The number of benzene rings is 1. The third-order valence-electron chi connectivity index (χ3n) is 4.15. The molecule has 1 amide bonds. The molecule has 27 heavy (non-hydrogen) atoms. The summed E-state index contributed by atoms with van der Waals surface area (Å²) in [6.45, 7) is 4.77. The van der Waals surface area contributed by atoms with Crippen molar-refractivity contribution in [1.29, 1.82) is 5.26 Å². The van der Waals surface area contributed by atoms with Crippen LogP contribution < -0.4 is 16.6 Å². The molecule has 2 rings (SSSR count). The molecule has 1 heterocycles. The fourth-order valence-corrected chi connectivity index (χ4v) is 2.68. The van der Waals surface area contributed by atoms with Gasteiger partial charge in [-0.05, 0) is 19.4 Å². The predicted octanol–water partition coefficient (Wildman–Crippen LogP) is 0.982. The van der Waals surface area contributed by atoms with Gasteiger partial charge >= 0.3 is 5.69 Å². The van der Waals surface area contributed by atoms with E-state index in [1.807, 2.05) is 6.92 Å². The van der Waals surface area contributed by atoms with Crippen LogP contribution in [0, 0.1) is 11.3 Å². The van der Waals surface area contributed by atoms with Crippen LogP contribution >= 0.6 is 0 Å². The van der Waals surface area contributed by atoms with Gasteiger partial charge in [-0.15, -0.1) is 0 Å². The number of rotatable bonds is 6. The molecule has 2 aromatic rings. The highest BCUT2D eigenvalue weighted by molar-refractivity contribution is 5.95. The van der Waals surface area contributed by atoms with Gasteiger partial charge in [0.2, 0.25) is 5.91 Å². The quantitative estimate of drug-likeness (QED) is 0.764. The van der Waals surface area contributed by atoms with E-state index in [4.69, 9.17) is 5.26 Å². The fraction of sp³-hybridized carbons (Fsp3) is 0.316. The van der Waals surface area contributed by atoms with Gasteiger partial charge in [0.1, 0.15) is 11.6 Å². The molecule has 0 aliphatic carbocycles. The molecule has 8 heteroatoms.